The van der Waals surface area contributed by atoms with Gasteiger partial charge in [0.25, 0.3) is 0 Å². The Bertz CT molecular complexity index is 652. The minimum Gasteiger partial charge on any atom is -0.467 e. The van der Waals surface area contributed by atoms with E-state index in [0.29, 0.717) is 12.5 Å². The number of nitrogens with one attached hydrogen (secondary N) is 2. The molecule has 1 unspecified atom stereocenters. The number of rotatable bonds is 7. The van der Waals surface area contributed by atoms with Gasteiger partial charge in [-0.3, -0.25) is 4.79 Å². The van der Waals surface area contributed by atoms with E-state index in [2.05, 4.69) is 69.5 Å². The molecule has 0 aliphatic rings. The molecule has 1 atom stereocenters. The molecule has 0 spiro atoms. The molecule has 2 N–H and O–H groups in total. The average Bonchev–Trinajstić information content (AvgIpc) is 3.06. The van der Waals surface area contributed by atoms with Crippen molar-refractivity contribution < 1.29 is 9.21 Å². The molecule has 4 heteroatoms. The quantitative estimate of drug-likeness (QED) is 0.793. The van der Waals surface area contributed by atoms with E-state index in [1.165, 1.54) is 11.1 Å². The molecule has 4 nitrogen and oxygen atoms in total. The lowest BCUT2D eigenvalue weighted by molar-refractivity contribution is -0.120. The van der Waals surface area contributed by atoms with Crippen LogP contribution in [0.2, 0.25) is 0 Å². The summed E-state index contributed by atoms with van der Waals surface area (Å²) in [7, 11) is 0. The number of hydrogen-bond donors (Lipinski definition) is 2. The normalized spacial score (nSPS) is 13.0. The molecule has 2 rings (SSSR count). The second kappa shape index (κ2) is 8.34. The fourth-order valence-corrected chi connectivity index (χ4v) is 2.79. The minimum atomic E-state index is -0.0339. The van der Waals surface area contributed by atoms with Crippen molar-refractivity contribution >= 4 is 5.91 Å². The van der Waals surface area contributed by atoms with Crippen LogP contribution in [0.5, 0.6) is 0 Å². The van der Waals surface area contributed by atoms with Gasteiger partial charge in [0.2, 0.25) is 5.91 Å². The predicted octanol–water partition coefficient (Wildman–Crippen LogP) is 4.18. The Hall–Kier alpha value is -2.07. The molecule has 0 fully saturated rings. The molecule has 1 aromatic carbocycles. The zero-order valence-electron chi connectivity index (χ0n) is 15.9. The molecule has 0 aliphatic carbocycles. The second-order valence-electron chi connectivity index (χ2n) is 7.83. The van der Waals surface area contributed by atoms with E-state index in [1.807, 2.05) is 12.1 Å². The standard InChI is InChI=1S/C21H30N2O2/c1-15(2)20(16-8-10-17(11-9-16)21(3,4)5)23-14-19(24)22-13-18-7-6-12-25-18/h6-12,15,20,23H,13-14H2,1-5H3,(H,22,24). The summed E-state index contributed by atoms with van der Waals surface area (Å²) in [6.07, 6.45) is 1.61. The van der Waals surface area contributed by atoms with Crippen LogP contribution in [0, 0.1) is 5.92 Å². The molecular formula is C21H30N2O2. The number of amides is 1. The van der Waals surface area contributed by atoms with Gasteiger partial charge in [-0.15, -0.1) is 0 Å². The summed E-state index contributed by atoms with van der Waals surface area (Å²) in [5.41, 5.74) is 2.67. The first kappa shape index (κ1) is 19.3. The van der Waals surface area contributed by atoms with Crippen molar-refractivity contribution in [1.29, 1.82) is 0 Å². The molecule has 0 radical (unpaired) electrons. The first-order valence-electron chi connectivity index (χ1n) is 8.90. The molecule has 1 heterocycles. The third-order valence-electron chi connectivity index (χ3n) is 4.32. The van der Waals surface area contributed by atoms with Crippen molar-refractivity contribution in [3.8, 4) is 0 Å². The van der Waals surface area contributed by atoms with Gasteiger partial charge in [0.1, 0.15) is 5.76 Å². The van der Waals surface area contributed by atoms with Gasteiger partial charge in [-0.25, -0.2) is 0 Å². The van der Waals surface area contributed by atoms with Gasteiger partial charge in [-0.2, -0.15) is 0 Å². The van der Waals surface area contributed by atoms with Crippen molar-refractivity contribution in [3.05, 3.63) is 59.5 Å². The lowest BCUT2D eigenvalue weighted by Gasteiger charge is -2.25. The summed E-state index contributed by atoms with van der Waals surface area (Å²) in [5.74, 6) is 1.11. The van der Waals surface area contributed by atoms with Gasteiger partial charge in [-0.05, 0) is 34.6 Å². The molecule has 25 heavy (non-hydrogen) atoms. The predicted molar refractivity (Wildman–Crippen MR) is 101 cm³/mol. The molecule has 1 amide bonds. The van der Waals surface area contributed by atoms with E-state index in [1.54, 1.807) is 6.26 Å². The number of carbonyl (C=O) groups excluding carboxylic acids is 1. The topological polar surface area (TPSA) is 54.3 Å². The number of benzene rings is 1. The fourth-order valence-electron chi connectivity index (χ4n) is 2.79. The van der Waals surface area contributed by atoms with Gasteiger partial charge in [0.15, 0.2) is 0 Å². The van der Waals surface area contributed by atoms with E-state index in [-0.39, 0.29) is 23.9 Å². The van der Waals surface area contributed by atoms with Crippen LogP contribution < -0.4 is 10.6 Å². The van der Waals surface area contributed by atoms with Crippen LogP contribution in [0.15, 0.2) is 47.1 Å². The molecule has 136 valence electrons. The molecular weight excluding hydrogens is 312 g/mol. The van der Waals surface area contributed by atoms with Gasteiger partial charge >= 0.3 is 0 Å². The number of hydrogen-bond acceptors (Lipinski definition) is 3. The van der Waals surface area contributed by atoms with Crippen molar-refractivity contribution in [2.24, 2.45) is 5.92 Å². The molecule has 0 aliphatic heterocycles. The van der Waals surface area contributed by atoms with Crippen molar-refractivity contribution in [1.82, 2.24) is 10.6 Å². The maximum atomic E-state index is 12.1. The van der Waals surface area contributed by atoms with Crippen molar-refractivity contribution in [3.63, 3.8) is 0 Å². The highest BCUT2D eigenvalue weighted by Gasteiger charge is 2.18. The Morgan fingerprint density at radius 1 is 1.12 bits per heavy atom. The molecule has 0 bridgehead atoms. The SMILES string of the molecule is CC(C)C(NCC(=O)NCc1ccco1)c1ccc(C(C)(C)C)cc1. The van der Waals surface area contributed by atoms with E-state index >= 15 is 0 Å². The maximum Gasteiger partial charge on any atom is 0.234 e. The zero-order valence-corrected chi connectivity index (χ0v) is 15.9. The van der Waals surface area contributed by atoms with Crippen LogP contribution in [0.3, 0.4) is 0 Å². The first-order valence-corrected chi connectivity index (χ1v) is 8.90. The highest BCUT2D eigenvalue weighted by Crippen LogP contribution is 2.26. The Morgan fingerprint density at radius 3 is 2.32 bits per heavy atom. The van der Waals surface area contributed by atoms with Crippen LogP contribution >= 0.6 is 0 Å². The van der Waals surface area contributed by atoms with Crippen LogP contribution in [-0.4, -0.2) is 12.5 Å². The second-order valence-corrected chi connectivity index (χ2v) is 7.83. The summed E-state index contributed by atoms with van der Waals surface area (Å²) < 4.78 is 5.22. The van der Waals surface area contributed by atoms with Crippen molar-refractivity contribution in [2.75, 3.05) is 6.54 Å². The van der Waals surface area contributed by atoms with Crippen LogP contribution in [0.1, 0.15) is 57.5 Å². The minimum absolute atomic E-state index is 0.0339. The summed E-state index contributed by atoms with van der Waals surface area (Å²) >= 11 is 0. The highest BCUT2D eigenvalue weighted by atomic mass is 16.3. The first-order chi connectivity index (χ1) is 11.8. The average molecular weight is 342 g/mol. The molecule has 0 saturated carbocycles. The van der Waals surface area contributed by atoms with Gasteiger partial charge in [0.05, 0.1) is 19.4 Å². The van der Waals surface area contributed by atoms with Crippen LogP contribution in [0.4, 0.5) is 0 Å². The monoisotopic (exact) mass is 342 g/mol. The van der Waals surface area contributed by atoms with Crippen molar-refractivity contribution in [2.45, 2.75) is 52.6 Å². The maximum absolute atomic E-state index is 12.1. The third-order valence-corrected chi connectivity index (χ3v) is 4.32. The van der Waals surface area contributed by atoms with Gasteiger partial charge in [-0.1, -0.05) is 58.9 Å². The number of furan rings is 1. The van der Waals surface area contributed by atoms with Crippen LogP contribution in [0.25, 0.3) is 0 Å². The van der Waals surface area contributed by atoms with E-state index < -0.39 is 0 Å². The summed E-state index contributed by atoms with van der Waals surface area (Å²) in [6, 6.07) is 12.5. The van der Waals surface area contributed by atoms with Gasteiger partial charge in [0, 0.05) is 6.04 Å². The van der Waals surface area contributed by atoms with E-state index in [0.717, 1.165) is 5.76 Å². The molecule has 1 aromatic heterocycles. The summed E-state index contributed by atoms with van der Waals surface area (Å²) in [6.45, 7) is 11.7. The molecule has 2 aromatic rings. The lowest BCUT2D eigenvalue weighted by atomic mass is 9.85. The van der Waals surface area contributed by atoms with E-state index in [4.69, 9.17) is 4.42 Å². The number of carbonyl (C=O) groups is 1. The lowest BCUT2D eigenvalue weighted by Crippen LogP contribution is -2.37. The van der Waals surface area contributed by atoms with E-state index in [9.17, 15) is 4.79 Å². The largest absolute Gasteiger partial charge is 0.467 e. The third kappa shape index (κ3) is 5.75. The van der Waals surface area contributed by atoms with Gasteiger partial charge < -0.3 is 15.1 Å². The van der Waals surface area contributed by atoms with Crippen LogP contribution in [-0.2, 0) is 16.8 Å². The smallest absolute Gasteiger partial charge is 0.234 e. The Morgan fingerprint density at radius 2 is 1.80 bits per heavy atom. The Labute approximate surface area is 151 Å². The summed E-state index contributed by atoms with van der Waals surface area (Å²) in [5, 5.41) is 6.25. The highest BCUT2D eigenvalue weighted by molar-refractivity contribution is 5.77. The summed E-state index contributed by atoms with van der Waals surface area (Å²) in [4.78, 5) is 12.1. The zero-order chi connectivity index (χ0) is 18.4. The Balaban J connectivity index is 1.93. The Kier molecular flexibility index (Phi) is 6.43. The molecule has 0 saturated heterocycles. The fraction of sp³-hybridized carbons (Fsp3) is 0.476.